The standard InChI is InChI=1S/C34H29F4N5O6/c1-43(2)33(46)31-26(48-28(44)12-13-29(45)49-31)19-39-14-15-47-27-11-9-22(18-40-27)30(21-8-10-25-23(16-21)32(35)42-41-25)24(17-34(36,37)38)20-6-4-3-5-7-20/h3-13,16,18,39H,14-15,17,19H2,1-2H3,(H,41,42)/b13-12-,30-24-,31-26+. The van der Waals surface area contributed by atoms with Gasteiger partial charge in [-0.3, -0.25) is 9.89 Å². The molecule has 49 heavy (non-hydrogen) atoms. The number of alkyl halides is 3. The number of nitrogens with zero attached hydrogens (tertiary/aromatic N) is 3. The van der Waals surface area contributed by atoms with Gasteiger partial charge in [0, 0.05) is 50.6 Å². The fourth-order valence-electron chi connectivity index (χ4n) is 4.88. The number of pyridine rings is 1. The first-order valence-electron chi connectivity index (χ1n) is 14.8. The van der Waals surface area contributed by atoms with E-state index in [4.69, 9.17) is 14.2 Å². The van der Waals surface area contributed by atoms with E-state index in [0.29, 0.717) is 22.2 Å². The van der Waals surface area contributed by atoms with Crippen molar-refractivity contribution >= 4 is 39.9 Å². The molecule has 11 nitrogen and oxygen atoms in total. The molecule has 5 rings (SSSR count). The summed E-state index contributed by atoms with van der Waals surface area (Å²) in [6, 6.07) is 15.7. The van der Waals surface area contributed by atoms with Gasteiger partial charge in [-0.05, 0) is 40.5 Å². The lowest BCUT2D eigenvalue weighted by molar-refractivity contribution is -0.144. The molecule has 1 aliphatic rings. The van der Waals surface area contributed by atoms with Gasteiger partial charge in [-0.2, -0.15) is 22.7 Å². The molecule has 1 amide bonds. The number of carbonyl (C=O) groups is 3. The van der Waals surface area contributed by atoms with Crippen molar-refractivity contribution in [2.75, 3.05) is 33.8 Å². The number of amides is 1. The van der Waals surface area contributed by atoms with Crippen molar-refractivity contribution in [3.8, 4) is 5.88 Å². The summed E-state index contributed by atoms with van der Waals surface area (Å²) in [5.41, 5.74) is 1.47. The average Bonchev–Trinajstić information content (AvgIpc) is 3.44. The maximum absolute atomic E-state index is 14.5. The van der Waals surface area contributed by atoms with Crippen molar-refractivity contribution in [3.63, 3.8) is 0 Å². The number of benzene rings is 2. The van der Waals surface area contributed by atoms with Gasteiger partial charge in [0.25, 0.3) is 5.91 Å². The molecule has 0 saturated carbocycles. The maximum atomic E-state index is 14.5. The van der Waals surface area contributed by atoms with Crippen LogP contribution < -0.4 is 10.1 Å². The van der Waals surface area contributed by atoms with Crippen LogP contribution in [0.5, 0.6) is 5.88 Å². The molecular formula is C34H29F4N5O6. The van der Waals surface area contributed by atoms with Gasteiger partial charge in [0.2, 0.25) is 17.6 Å². The number of rotatable bonds is 11. The summed E-state index contributed by atoms with van der Waals surface area (Å²) in [4.78, 5) is 41.9. The van der Waals surface area contributed by atoms with Crippen LogP contribution in [0.3, 0.4) is 0 Å². The van der Waals surface area contributed by atoms with E-state index in [0.717, 1.165) is 17.1 Å². The number of nitrogens with one attached hydrogen (secondary N) is 2. The number of likely N-dealkylation sites (N-methyl/N-ethyl adjacent to an activating group) is 1. The molecule has 4 aromatic rings. The molecule has 0 fully saturated rings. The number of esters is 2. The molecule has 0 radical (unpaired) electrons. The van der Waals surface area contributed by atoms with Gasteiger partial charge in [0.15, 0.2) is 5.76 Å². The second kappa shape index (κ2) is 14.9. The molecule has 0 atom stereocenters. The van der Waals surface area contributed by atoms with Crippen molar-refractivity contribution in [1.82, 2.24) is 25.4 Å². The molecule has 2 aromatic heterocycles. The Balaban J connectivity index is 1.36. The minimum Gasteiger partial charge on any atom is -0.476 e. The minimum atomic E-state index is -4.56. The van der Waals surface area contributed by atoms with Crippen LogP contribution in [-0.4, -0.2) is 77.9 Å². The van der Waals surface area contributed by atoms with Crippen molar-refractivity contribution in [2.24, 2.45) is 0 Å². The third-order valence-corrected chi connectivity index (χ3v) is 7.07. The minimum absolute atomic E-state index is 0.0338. The number of aromatic nitrogens is 3. The monoisotopic (exact) mass is 679 g/mol. The molecular weight excluding hydrogens is 650 g/mol. The Kier molecular flexibility index (Phi) is 10.5. The smallest absolute Gasteiger partial charge is 0.393 e. The maximum Gasteiger partial charge on any atom is 0.393 e. The number of cyclic esters (lactones) is 2. The predicted octanol–water partition coefficient (Wildman–Crippen LogP) is 4.93. The molecule has 0 aliphatic carbocycles. The Morgan fingerprint density at radius 2 is 1.67 bits per heavy atom. The number of carbonyl (C=O) groups excluding carboxylic acids is 3. The first-order chi connectivity index (χ1) is 23.4. The fraction of sp³-hybridized carbons (Fsp3) is 0.206. The summed E-state index contributed by atoms with van der Waals surface area (Å²) in [6.45, 7) is 0.0181. The Bertz CT molecular complexity index is 1950. The molecule has 254 valence electrons. The van der Waals surface area contributed by atoms with Crippen LogP contribution in [0.1, 0.15) is 23.1 Å². The Morgan fingerprint density at radius 3 is 2.35 bits per heavy atom. The van der Waals surface area contributed by atoms with Crippen molar-refractivity contribution in [1.29, 1.82) is 0 Å². The number of allylic oxidation sites excluding steroid dienone is 1. The summed E-state index contributed by atoms with van der Waals surface area (Å²) >= 11 is 0. The highest BCUT2D eigenvalue weighted by molar-refractivity contribution is 6.01. The van der Waals surface area contributed by atoms with Crippen LogP contribution in [0.15, 0.2) is 90.5 Å². The molecule has 0 unspecified atom stereocenters. The molecule has 15 heteroatoms. The van der Waals surface area contributed by atoms with E-state index in [1.54, 1.807) is 42.5 Å². The summed E-state index contributed by atoms with van der Waals surface area (Å²) < 4.78 is 72.4. The van der Waals surface area contributed by atoms with Crippen LogP contribution in [0.2, 0.25) is 0 Å². The van der Waals surface area contributed by atoms with E-state index < -0.39 is 42.1 Å². The number of H-pyrrole nitrogens is 1. The fourth-order valence-corrected chi connectivity index (χ4v) is 4.88. The van der Waals surface area contributed by atoms with Crippen LogP contribution in [-0.2, 0) is 23.9 Å². The summed E-state index contributed by atoms with van der Waals surface area (Å²) in [5.74, 6) is -3.70. The normalized spacial score (nSPS) is 16.3. The number of hydrogen-bond acceptors (Lipinski definition) is 9. The van der Waals surface area contributed by atoms with E-state index in [1.165, 1.54) is 38.5 Å². The summed E-state index contributed by atoms with van der Waals surface area (Å²) in [5, 5.41) is 9.17. The predicted molar refractivity (Wildman–Crippen MR) is 169 cm³/mol. The topological polar surface area (TPSA) is 136 Å². The first-order valence-corrected chi connectivity index (χ1v) is 14.8. The summed E-state index contributed by atoms with van der Waals surface area (Å²) in [7, 11) is 2.87. The Morgan fingerprint density at radius 1 is 0.959 bits per heavy atom. The molecule has 2 N–H and O–H groups in total. The number of halogens is 4. The highest BCUT2D eigenvalue weighted by Gasteiger charge is 2.32. The third kappa shape index (κ3) is 8.75. The average molecular weight is 680 g/mol. The Labute approximate surface area is 276 Å². The van der Waals surface area contributed by atoms with E-state index in [-0.39, 0.29) is 47.9 Å². The third-order valence-electron chi connectivity index (χ3n) is 7.07. The van der Waals surface area contributed by atoms with Crippen LogP contribution in [0, 0.1) is 5.95 Å². The van der Waals surface area contributed by atoms with E-state index in [2.05, 4.69) is 20.5 Å². The second-order valence-electron chi connectivity index (χ2n) is 10.8. The first kappa shape index (κ1) is 34.5. The SMILES string of the molecule is CN(C)C(=O)/C1=C(/CNCCOc2ccc(/C(=C(/CC(F)(F)F)c3ccccc3)c3ccc4n[nH]c(F)c4c3)cn2)OC(=O)/C=C\C(=O)O1. The van der Waals surface area contributed by atoms with Gasteiger partial charge in [0.1, 0.15) is 6.61 Å². The van der Waals surface area contributed by atoms with Crippen molar-refractivity contribution in [2.45, 2.75) is 12.6 Å². The zero-order chi connectivity index (χ0) is 35.1. The van der Waals surface area contributed by atoms with E-state index in [9.17, 15) is 31.9 Å². The quantitative estimate of drug-likeness (QED) is 0.0979. The zero-order valence-corrected chi connectivity index (χ0v) is 26.1. The van der Waals surface area contributed by atoms with Gasteiger partial charge in [0.05, 0.1) is 23.9 Å². The highest BCUT2D eigenvalue weighted by atomic mass is 19.4. The van der Waals surface area contributed by atoms with E-state index in [1.807, 2.05) is 0 Å². The molecule has 2 aromatic carbocycles. The van der Waals surface area contributed by atoms with Crippen LogP contribution >= 0.6 is 0 Å². The molecule has 1 aliphatic heterocycles. The Hall–Kier alpha value is -5.83. The van der Waals surface area contributed by atoms with Gasteiger partial charge < -0.3 is 24.4 Å². The largest absolute Gasteiger partial charge is 0.476 e. The second-order valence-corrected chi connectivity index (χ2v) is 10.8. The lowest BCUT2D eigenvalue weighted by Crippen LogP contribution is -2.32. The van der Waals surface area contributed by atoms with E-state index >= 15 is 0 Å². The van der Waals surface area contributed by atoms with Crippen LogP contribution in [0.4, 0.5) is 17.6 Å². The number of hydrogen-bond donors (Lipinski definition) is 2. The van der Waals surface area contributed by atoms with Gasteiger partial charge in [-0.1, -0.05) is 36.4 Å². The summed E-state index contributed by atoms with van der Waals surface area (Å²) in [6.07, 6.45) is -2.73. The molecule has 0 saturated heterocycles. The highest BCUT2D eigenvalue weighted by Crippen LogP contribution is 2.40. The molecule has 0 spiro atoms. The molecule has 3 heterocycles. The lowest BCUT2D eigenvalue weighted by atomic mass is 9.88. The van der Waals surface area contributed by atoms with Crippen molar-refractivity contribution in [3.05, 3.63) is 113 Å². The number of aromatic amines is 1. The van der Waals surface area contributed by atoms with Crippen LogP contribution in [0.25, 0.3) is 22.0 Å². The number of ether oxygens (including phenoxy) is 3. The van der Waals surface area contributed by atoms with Crippen molar-refractivity contribution < 1.29 is 46.2 Å². The molecule has 0 bridgehead atoms. The zero-order valence-electron chi connectivity index (χ0n) is 26.1. The van der Waals surface area contributed by atoms with Gasteiger partial charge >= 0.3 is 18.1 Å². The number of fused-ring (bicyclic) bond motifs is 1. The van der Waals surface area contributed by atoms with Gasteiger partial charge in [-0.25, -0.2) is 14.6 Å². The van der Waals surface area contributed by atoms with Gasteiger partial charge in [-0.15, -0.1) is 0 Å². The lowest BCUT2D eigenvalue weighted by Gasteiger charge is -2.19.